The van der Waals surface area contributed by atoms with Crippen molar-refractivity contribution in [3.63, 3.8) is 0 Å². The maximum Gasteiger partial charge on any atom is 0.272 e. The van der Waals surface area contributed by atoms with E-state index in [1.54, 1.807) is 0 Å². The van der Waals surface area contributed by atoms with E-state index in [-0.39, 0.29) is 11.6 Å². The van der Waals surface area contributed by atoms with E-state index in [2.05, 4.69) is 34.9 Å². The summed E-state index contributed by atoms with van der Waals surface area (Å²) in [6, 6.07) is 0. The number of aliphatic hydroxyl groups excluding tert-OH is 1. The zero-order valence-electron chi connectivity index (χ0n) is 14.9. The maximum atomic E-state index is 11.8. The molecule has 1 aliphatic rings. The predicted molar refractivity (Wildman–Crippen MR) is 93.6 cm³/mol. The first-order chi connectivity index (χ1) is 11.5. The topological polar surface area (TPSA) is 93.7 Å². The Morgan fingerprint density at radius 3 is 2.29 bits per heavy atom. The second-order valence-electron chi connectivity index (χ2n) is 6.53. The van der Waals surface area contributed by atoms with Crippen molar-refractivity contribution >= 4 is 11.8 Å². The summed E-state index contributed by atoms with van der Waals surface area (Å²) in [7, 11) is 4.21. The second kappa shape index (κ2) is 11.9. The highest BCUT2D eigenvalue weighted by atomic mass is 16.3. The van der Waals surface area contributed by atoms with Crippen molar-refractivity contribution in [2.24, 2.45) is 0 Å². The van der Waals surface area contributed by atoms with E-state index in [1.165, 1.54) is 38.3 Å². The van der Waals surface area contributed by atoms with Crippen molar-refractivity contribution < 1.29 is 14.7 Å². The van der Waals surface area contributed by atoms with Crippen LogP contribution in [0.25, 0.3) is 0 Å². The van der Waals surface area contributed by atoms with Gasteiger partial charge in [-0.3, -0.25) is 9.59 Å². The van der Waals surface area contributed by atoms with Gasteiger partial charge < -0.3 is 26.0 Å². The Morgan fingerprint density at radius 1 is 1.12 bits per heavy atom. The number of nitrogens with one attached hydrogen (secondary N) is 3. The lowest BCUT2D eigenvalue weighted by molar-refractivity contribution is -0.126. The number of unbranched alkanes of at least 4 members (excludes halogenated alkanes) is 7. The SMILES string of the molecule is CN(C)CCCCCCCCCCC(=O)NC1=CNC(O)NC1=O. The van der Waals surface area contributed by atoms with Gasteiger partial charge in [-0.1, -0.05) is 38.5 Å². The summed E-state index contributed by atoms with van der Waals surface area (Å²) >= 11 is 0. The summed E-state index contributed by atoms with van der Waals surface area (Å²) in [5.41, 5.74) is 0.142. The molecule has 0 aromatic rings. The standard InChI is InChI=1S/C17H32N4O3/c1-21(2)12-10-8-6-4-3-5-7-9-11-15(22)19-14-13-18-17(24)20-16(14)23/h13,17-18,24H,3-12H2,1-2H3,(H,19,22)(H,20,23). The molecule has 0 fully saturated rings. The number of carbonyl (C=O) groups is 2. The molecule has 0 bridgehead atoms. The third-order valence-electron chi connectivity index (χ3n) is 3.93. The van der Waals surface area contributed by atoms with E-state index in [9.17, 15) is 9.59 Å². The van der Waals surface area contributed by atoms with Crippen molar-refractivity contribution in [1.82, 2.24) is 20.9 Å². The molecule has 2 amide bonds. The highest BCUT2D eigenvalue weighted by Crippen LogP contribution is 2.10. The van der Waals surface area contributed by atoms with Crippen molar-refractivity contribution in [1.29, 1.82) is 0 Å². The molecular formula is C17H32N4O3. The van der Waals surface area contributed by atoms with E-state index in [0.717, 1.165) is 25.8 Å². The van der Waals surface area contributed by atoms with Gasteiger partial charge in [0.25, 0.3) is 5.91 Å². The molecule has 0 aliphatic carbocycles. The Balaban J connectivity index is 1.96. The van der Waals surface area contributed by atoms with Crippen molar-refractivity contribution in [2.45, 2.75) is 64.1 Å². The Hall–Kier alpha value is -1.60. The van der Waals surface area contributed by atoms with Gasteiger partial charge in [0.05, 0.1) is 0 Å². The van der Waals surface area contributed by atoms with Crippen LogP contribution in [-0.4, -0.2) is 48.8 Å². The molecule has 0 saturated carbocycles. The van der Waals surface area contributed by atoms with Gasteiger partial charge in [-0.2, -0.15) is 0 Å². The van der Waals surface area contributed by atoms with Gasteiger partial charge in [-0.15, -0.1) is 0 Å². The normalized spacial score (nSPS) is 17.2. The molecule has 7 nitrogen and oxygen atoms in total. The van der Waals surface area contributed by atoms with Crippen LogP contribution in [-0.2, 0) is 9.59 Å². The van der Waals surface area contributed by atoms with Gasteiger partial charge in [0.15, 0.2) is 0 Å². The van der Waals surface area contributed by atoms with Crippen LogP contribution >= 0.6 is 0 Å². The quantitative estimate of drug-likeness (QED) is 0.398. The fourth-order valence-corrected chi connectivity index (χ4v) is 2.55. The largest absolute Gasteiger partial charge is 0.356 e. The molecule has 0 aromatic carbocycles. The molecule has 138 valence electrons. The van der Waals surface area contributed by atoms with E-state index in [4.69, 9.17) is 5.11 Å². The van der Waals surface area contributed by atoms with Crippen LogP contribution in [0.2, 0.25) is 0 Å². The highest BCUT2D eigenvalue weighted by Gasteiger charge is 2.19. The monoisotopic (exact) mass is 340 g/mol. The lowest BCUT2D eigenvalue weighted by atomic mass is 10.1. The van der Waals surface area contributed by atoms with Crippen LogP contribution < -0.4 is 16.0 Å². The van der Waals surface area contributed by atoms with Gasteiger partial charge in [0.2, 0.25) is 12.3 Å². The Kier molecular flexibility index (Phi) is 10.1. The van der Waals surface area contributed by atoms with Gasteiger partial charge in [-0.25, -0.2) is 0 Å². The molecule has 0 radical (unpaired) electrons. The Morgan fingerprint density at radius 2 is 1.71 bits per heavy atom. The molecule has 7 heteroatoms. The summed E-state index contributed by atoms with van der Waals surface area (Å²) in [6.45, 7) is 1.16. The molecule has 0 saturated heterocycles. The molecule has 0 spiro atoms. The van der Waals surface area contributed by atoms with Crippen LogP contribution in [0.3, 0.4) is 0 Å². The lowest BCUT2D eigenvalue weighted by Crippen LogP contribution is -2.50. The first-order valence-corrected chi connectivity index (χ1v) is 8.89. The van der Waals surface area contributed by atoms with Gasteiger partial charge in [-0.05, 0) is 33.5 Å². The molecular weight excluding hydrogens is 308 g/mol. The molecule has 1 rings (SSSR count). The number of rotatable bonds is 12. The summed E-state index contributed by atoms with van der Waals surface area (Å²) < 4.78 is 0. The van der Waals surface area contributed by atoms with Crippen molar-refractivity contribution in [3.05, 3.63) is 11.9 Å². The lowest BCUT2D eigenvalue weighted by Gasteiger charge is -2.20. The Labute approximate surface area is 144 Å². The minimum atomic E-state index is -1.10. The van der Waals surface area contributed by atoms with Crippen LogP contribution in [0, 0.1) is 0 Å². The number of hydrogen-bond acceptors (Lipinski definition) is 5. The number of amides is 2. The van der Waals surface area contributed by atoms with E-state index < -0.39 is 12.3 Å². The summed E-state index contributed by atoms with van der Waals surface area (Å²) in [6.07, 6.45) is 9.98. The first kappa shape index (κ1) is 20.4. The molecule has 1 unspecified atom stereocenters. The number of carbonyl (C=O) groups excluding carboxylic acids is 2. The van der Waals surface area contributed by atoms with Crippen LogP contribution in [0.15, 0.2) is 11.9 Å². The molecule has 1 atom stereocenters. The smallest absolute Gasteiger partial charge is 0.272 e. The summed E-state index contributed by atoms with van der Waals surface area (Å²) in [4.78, 5) is 25.5. The summed E-state index contributed by atoms with van der Waals surface area (Å²) in [5, 5.41) is 16.5. The van der Waals surface area contributed by atoms with Gasteiger partial charge in [0.1, 0.15) is 5.70 Å². The maximum absolute atomic E-state index is 11.8. The summed E-state index contributed by atoms with van der Waals surface area (Å²) in [5.74, 6) is -0.651. The van der Waals surface area contributed by atoms with Gasteiger partial charge in [0, 0.05) is 12.6 Å². The number of hydrogen-bond donors (Lipinski definition) is 4. The number of nitrogens with zero attached hydrogens (tertiary/aromatic N) is 1. The fraction of sp³-hybridized carbons (Fsp3) is 0.765. The second-order valence-corrected chi connectivity index (χ2v) is 6.53. The highest BCUT2D eigenvalue weighted by molar-refractivity contribution is 5.97. The Bertz CT molecular complexity index is 424. The third-order valence-corrected chi connectivity index (χ3v) is 3.93. The third kappa shape index (κ3) is 9.52. The zero-order chi connectivity index (χ0) is 17.8. The van der Waals surface area contributed by atoms with Gasteiger partial charge >= 0.3 is 0 Å². The van der Waals surface area contributed by atoms with E-state index in [1.807, 2.05) is 0 Å². The van der Waals surface area contributed by atoms with Crippen LogP contribution in [0.5, 0.6) is 0 Å². The molecule has 1 aliphatic heterocycles. The van der Waals surface area contributed by atoms with Crippen LogP contribution in [0.4, 0.5) is 0 Å². The zero-order valence-corrected chi connectivity index (χ0v) is 14.9. The molecule has 0 aromatic heterocycles. The first-order valence-electron chi connectivity index (χ1n) is 8.89. The minimum absolute atomic E-state index is 0.142. The molecule has 4 N–H and O–H groups in total. The van der Waals surface area contributed by atoms with Crippen molar-refractivity contribution in [3.8, 4) is 0 Å². The molecule has 24 heavy (non-hydrogen) atoms. The number of aliphatic hydroxyl groups is 1. The average Bonchev–Trinajstić information content (AvgIpc) is 2.51. The fourth-order valence-electron chi connectivity index (χ4n) is 2.55. The average molecular weight is 340 g/mol. The van der Waals surface area contributed by atoms with Crippen molar-refractivity contribution in [2.75, 3.05) is 20.6 Å². The van der Waals surface area contributed by atoms with Crippen LogP contribution in [0.1, 0.15) is 57.8 Å². The minimum Gasteiger partial charge on any atom is -0.356 e. The molecule has 1 heterocycles. The predicted octanol–water partition coefficient (Wildman–Crippen LogP) is 1.01. The van der Waals surface area contributed by atoms with E-state index in [0.29, 0.717) is 6.42 Å². The van der Waals surface area contributed by atoms with E-state index >= 15 is 0 Å².